The largest absolute Gasteiger partial charge is 0.397 e. The molecule has 1 atom stereocenters. The van der Waals surface area contributed by atoms with E-state index in [1.165, 1.54) is 0 Å². The van der Waals surface area contributed by atoms with E-state index in [0.29, 0.717) is 35.3 Å². The van der Waals surface area contributed by atoms with E-state index in [-0.39, 0.29) is 18.4 Å². The van der Waals surface area contributed by atoms with E-state index < -0.39 is 0 Å². The first-order chi connectivity index (χ1) is 9.99. The van der Waals surface area contributed by atoms with Crippen molar-refractivity contribution in [2.45, 2.75) is 26.2 Å². The molecule has 1 aliphatic rings. The van der Waals surface area contributed by atoms with Gasteiger partial charge in [0, 0.05) is 18.0 Å². The highest BCUT2D eigenvalue weighted by molar-refractivity contribution is 6.31. The molecule has 0 aliphatic carbocycles. The summed E-state index contributed by atoms with van der Waals surface area (Å²) >= 11 is 5.88. The van der Waals surface area contributed by atoms with Gasteiger partial charge < -0.3 is 16.0 Å². The zero-order chi connectivity index (χ0) is 15.4. The number of carbonyl (C=O) groups excluding carboxylic acids is 2. The van der Waals surface area contributed by atoms with Gasteiger partial charge in [0.1, 0.15) is 0 Å². The van der Waals surface area contributed by atoms with Crippen LogP contribution < -0.4 is 11.1 Å². The first kappa shape index (κ1) is 15.6. The average Bonchev–Trinajstić information content (AvgIpc) is 2.74. The van der Waals surface area contributed by atoms with Crippen LogP contribution in [0.3, 0.4) is 0 Å². The van der Waals surface area contributed by atoms with E-state index in [1.54, 1.807) is 23.1 Å². The standard InChI is InChI=1S/C15H20ClN3O2/c1-2-3-10-6-15(21)19(8-10)9-14(20)18-13-7-11(16)4-5-12(13)17/h4-5,7,10H,2-3,6,8-9,17H2,1H3,(H,18,20). The number of nitrogen functional groups attached to an aromatic ring is 1. The molecule has 3 N–H and O–H groups in total. The molecule has 2 amide bonds. The summed E-state index contributed by atoms with van der Waals surface area (Å²) in [6.45, 7) is 2.82. The summed E-state index contributed by atoms with van der Waals surface area (Å²) in [5, 5.41) is 3.20. The van der Waals surface area contributed by atoms with Crippen LogP contribution in [0.2, 0.25) is 5.02 Å². The monoisotopic (exact) mass is 309 g/mol. The van der Waals surface area contributed by atoms with E-state index in [9.17, 15) is 9.59 Å². The van der Waals surface area contributed by atoms with E-state index in [0.717, 1.165) is 12.8 Å². The normalized spacial score (nSPS) is 18.1. The van der Waals surface area contributed by atoms with Crippen LogP contribution in [0.4, 0.5) is 11.4 Å². The van der Waals surface area contributed by atoms with Crippen LogP contribution in [-0.4, -0.2) is 29.8 Å². The Labute approximate surface area is 129 Å². The van der Waals surface area contributed by atoms with Crippen molar-refractivity contribution in [1.82, 2.24) is 4.90 Å². The van der Waals surface area contributed by atoms with Gasteiger partial charge in [0.2, 0.25) is 11.8 Å². The molecular formula is C15H20ClN3O2. The van der Waals surface area contributed by atoms with Gasteiger partial charge in [-0.25, -0.2) is 0 Å². The molecular weight excluding hydrogens is 290 g/mol. The maximum absolute atomic E-state index is 12.0. The van der Waals surface area contributed by atoms with Crippen LogP contribution in [0.15, 0.2) is 18.2 Å². The summed E-state index contributed by atoms with van der Waals surface area (Å²) in [5.41, 5.74) is 6.71. The molecule has 0 saturated carbocycles. The summed E-state index contributed by atoms with van der Waals surface area (Å²) in [6, 6.07) is 4.89. The Morgan fingerprint density at radius 2 is 2.29 bits per heavy atom. The fourth-order valence-corrected chi connectivity index (χ4v) is 2.78. The van der Waals surface area contributed by atoms with Crippen molar-refractivity contribution in [2.24, 2.45) is 5.92 Å². The van der Waals surface area contributed by atoms with Crippen LogP contribution >= 0.6 is 11.6 Å². The average molecular weight is 310 g/mol. The van der Waals surface area contributed by atoms with Crippen LogP contribution in [0.1, 0.15) is 26.2 Å². The number of carbonyl (C=O) groups is 2. The Morgan fingerprint density at radius 1 is 1.52 bits per heavy atom. The van der Waals surface area contributed by atoms with Crippen molar-refractivity contribution in [3.05, 3.63) is 23.2 Å². The van der Waals surface area contributed by atoms with Gasteiger partial charge in [-0.15, -0.1) is 0 Å². The Balaban J connectivity index is 1.93. The van der Waals surface area contributed by atoms with Crippen LogP contribution in [0.5, 0.6) is 0 Å². The van der Waals surface area contributed by atoms with Crippen LogP contribution in [0.25, 0.3) is 0 Å². The molecule has 0 bridgehead atoms. The molecule has 1 aliphatic heterocycles. The minimum Gasteiger partial charge on any atom is -0.397 e. The van der Waals surface area contributed by atoms with Crippen molar-refractivity contribution < 1.29 is 9.59 Å². The predicted octanol–water partition coefficient (Wildman–Crippen LogP) is 2.51. The van der Waals surface area contributed by atoms with Crippen LogP contribution in [0, 0.1) is 5.92 Å². The Bertz CT molecular complexity index is 548. The molecule has 1 fully saturated rings. The number of hydrogen-bond donors (Lipinski definition) is 2. The summed E-state index contributed by atoms with van der Waals surface area (Å²) in [5.74, 6) is 0.156. The Kier molecular flexibility index (Phi) is 5.07. The quantitative estimate of drug-likeness (QED) is 0.821. The second-order valence-corrected chi connectivity index (χ2v) is 5.85. The third-order valence-electron chi connectivity index (χ3n) is 3.62. The minimum absolute atomic E-state index is 0.0441. The highest BCUT2D eigenvalue weighted by atomic mass is 35.5. The number of amides is 2. The summed E-state index contributed by atoms with van der Waals surface area (Å²) in [6.07, 6.45) is 2.61. The van der Waals surface area contributed by atoms with Crippen molar-refractivity contribution >= 4 is 34.8 Å². The van der Waals surface area contributed by atoms with E-state index in [2.05, 4.69) is 12.2 Å². The molecule has 114 valence electrons. The fourth-order valence-electron chi connectivity index (χ4n) is 2.61. The molecule has 21 heavy (non-hydrogen) atoms. The lowest BCUT2D eigenvalue weighted by molar-refractivity contribution is -0.131. The highest BCUT2D eigenvalue weighted by Gasteiger charge is 2.30. The van der Waals surface area contributed by atoms with Crippen molar-refractivity contribution in [1.29, 1.82) is 0 Å². The van der Waals surface area contributed by atoms with Crippen molar-refractivity contribution in [3.63, 3.8) is 0 Å². The lowest BCUT2D eigenvalue weighted by Crippen LogP contribution is -2.34. The first-order valence-electron chi connectivity index (χ1n) is 7.12. The van der Waals surface area contributed by atoms with Gasteiger partial charge in [0.25, 0.3) is 0 Å². The Morgan fingerprint density at radius 3 is 3.00 bits per heavy atom. The van der Waals surface area contributed by atoms with Crippen molar-refractivity contribution in [2.75, 3.05) is 24.1 Å². The molecule has 5 nitrogen and oxygen atoms in total. The van der Waals surface area contributed by atoms with Gasteiger partial charge in [0.05, 0.1) is 17.9 Å². The maximum atomic E-state index is 12.0. The molecule has 0 spiro atoms. The van der Waals surface area contributed by atoms with E-state index >= 15 is 0 Å². The lowest BCUT2D eigenvalue weighted by Gasteiger charge is -2.16. The third-order valence-corrected chi connectivity index (χ3v) is 3.85. The number of rotatable bonds is 5. The highest BCUT2D eigenvalue weighted by Crippen LogP contribution is 2.24. The molecule has 0 radical (unpaired) electrons. The molecule has 1 aromatic carbocycles. The maximum Gasteiger partial charge on any atom is 0.244 e. The number of benzene rings is 1. The van der Waals surface area contributed by atoms with Gasteiger partial charge in [-0.3, -0.25) is 9.59 Å². The zero-order valence-corrected chi connectivity index (χ0v) is 12.8. The second kappa shape index (κ2) is 6.80. The van der Waals surface area contributed by atoms with E-state index in [4.69, 9.17) is 17.3 Å². The van der Waals surface area contributed by atoms with Gasteiger partial charge in [-0.2, -0.15) is 0 Å². The molecule has 1 saturated heterocycles. The van der Waals surface area contributed by atoms with E-state index in [1.807, 2.05) is 0 Å². The second-order valence-electron chi connectivity index (χ2n) is 5.41. The molecule has 1 unspecified atom stereocenters. The molecule has 1 aromatic rings. The zero-order valence-electron chi connectivity index (χ0n) is 12.1. The topological polar surface area (TPSA) is 75.4 Å². The molecule has 6 heteroatoms. The summed E-state index contributed by atoms with van der Waals surface area (Å²) in [4.78, 5) is 25.5. The predicted molar refractivity (Wildman–Crippen MR) is 84.1 cm³/mol. The SMILES string of the molecule is CCCC1CC(=O)N(CC(=O)Nc2cc(Cl)ccc2N)C1. The van der Waals surface area contributed by atoms with Gasteiger partial charge in [-0.05, 0) is 30.5 Å². The number of likely N-dealkylation sites (tertiary alicyclic amines) is 1. The number of anilines is 2. The number of nitrogens with zero attached hydrogens (tertiary/aromatic N) is 1. The lowest BCUT2D eigenvalue weighted by atomic mass is 10.0. The van der Waals surface area contributed by atoms with Crippen LogP contribution in [-0.2, 0) is 9.59 Å². The number of nitrogens with two attached hydrogens (primary N) is 1. The van der Waals surface area contributed by atoms with Gasteiger partial charge in [0.15, 0.2) is 0 Å². The molecule has 1 heterocycles. The Hall–Kier alpha value is -1.75. The first-order valence-corrected chi connectivity index (χ1v) is 7.50. The van der Waals surface area contributed by atoms with Gasteiger partial charge in [-0.1, -0.05) is 24.9 Å². The molecule has 2 rings (SSSR count). The number of hydrogen-bond acceptors (Lipinski definition) is 3. The smallest absolute Gasteiger partial charge is 0.244 e. The van der Waals surface area contributed by atoms with Gasteiger partial charge >= 0.3 is 0 Å². The number of halogens is 1. The molecule has 0 aromatic heterocycles. The number of nitrogens with one attached hydrogen (secondary N) is 1. The van der Waals surface area contributed by atoms with Crippen molar-refractivity contribution in [3.8, 4) is 0 Å². The summed E-state index contributed by atoms with van der Waals surface area (Å²) < 4.78 is 0. The fraction of sp³-hybridized carbons (Fsp3) is 0.467. The summed E-state index contributed by atoms with van der Waals surface area (Å²) in [7, 11) is 0. The third kappa shape index (κ3) is 4.11. The minimum atomic E-state index is -0.255.